The summed E-state index contributed by atoms with van der Waals surface area (Å²) in [5, 5.41) is 0. The van der Waals surface area contributed by atoms with Crippen LogP contribution in [0.5, 0.6) is 0 Å². The fourth-order valence-corrected chi connectivity index (χ4v) is 1.58. The van der Waals surface area contributed by atoms with E-state index in [0.717, 1.165) is 5.56 Å². The van der Waals surface area contributed by atoms with E-state index in [9.17, 15) is 4.39 Å². The molecule has 0 aliphatic carbocycles. The molecule has 0 atom stereocenters. The molecule has 1 heterocycles. The summed E-state index contributed by atoms with van der Waals surface area (Å²) in [7, 11) is 0. The molecule has 82 valence electrons. The summed E-state index contributed by atoms with van der Waals surface area (Å²) in [6, 6.07) is 6.28. The van der Waals surface area contributed by atoms with Crippen molar-refractivity contribution >= 4 is 18.2 Å². The summed E-state index contributed by atoms with van der Waals surface area (Å²) in [4.78, 5) is 10.5. The van der Waals surface area contributed by atoms with Gasteiger partial charge in [0.25, 0.3) is 0 Å². The summed E-state index contributed by atoms with van der Waals surface area (Å²) in [6.07, 6.45) is 0.439. The average molecular weight is 236 g/mol. The summed E-state index contributed by atoms with van der Waals surface area (Å²) < 4.78 is 13.1. The van der Waals surface area contributed by atoms with Crippen LogP contribution in [-0.2, 0) is 6.42 Å². The van der Waals surface area contributed by atoms with E-state index in [-0.39, 0.29) is 16.5 Å². The minimum Gasteiger partial charge on any atom is -0.369 e. The van der Waals surface area contributed by atoms with E-state index < -0.39 is 0 Å². The predicted octanol–water partition coefficient (Wildman–Crippen LogP) is 1.85. The van der Waals surface area contributed by atoms with Crippen molar-refractivity contribution in [1.82, 2.24) is 15.0 Å². The molecule has 0 aliphatic rings. The minimum atomic E-state index is -0.280. The lowest BCUT2D eigenvalue weighted by molar-refractivity contribution is 0.625. The Balaban J connectivity index is 2.30. The fourth-order valence-electron chi connectivity index (χ4n) is 1.37. The van der Waals surface area contributed by atoms with E-state index in [2.05, 4.69) is 15.0 Å². The van der Waals surface area contributed by atoms with E-state index in [1.54, 1.807) is 12.1 Å². The van der Waals surface area contributed by atoms with Gasteiger partial charge in [-0.3, -0.25) is 0 Å². The largest absolute Gasteiger partial charge is 0.369 e. The molecule has 2 aromatic rings. The summed E-state index contributed by atoms with van der Waals surface area (Å²) >= 11 is 4.83. The highest BCUT2D eigenvalue weighted by molar-refractivity contribution is 7.71. The lowest BCUT2D eigenvalue weighted by Crippen LogP contribution is -2.03. The molecule has 0 spiro atoms. The van der Waals surface area contributed by atoms with Gasteiger partial charge >= 0.3 is 0 Å². The van der Waals surface area contributed by atoms with Crippen molar-refractivity contribution in [2.45, 2.75) is 6.42 Å². The van der Waals surface area contributed by atoms with Gasteiger partial charge in [0.15, 0.2) is 0 Å². The zero-order chi connectivity index (χ0) is 11.5. The van der Waals surface area contributed by atoms with Crippen LogP contribution in [0, 0.1) is 10.6 Å². The Hall–Kier alpha value is -1.82. The quantitative estimate of drug-likeness (QED) is 0.781. The van der Waals surface area contributed by atoms with E-state index in [0.29, 0.717) is 12.2 Å². The van der Waals surface area contributed by atoms with Crippen LogP contribution in [0.15, 0.2) is 24.3 Å². The van der Waals surface area contributed by atoms with Gasteiger partial charge in [-0.15, -0.1) is 0 Å². The van der Waals surface area contributed by atoms with Crippen molar-refractivity contribution in [2.75, 3.05) is 5.73 Å². The molecule has 0 bridgehead atoms. The fraction of sp³-hybridized carbons (Fsp3) is 0.100. The molecular formula is C10H9FN4S. The maximum Gasteiger partial charge on any atom is 0.224 e. The van der Waals surface area contributed by atoms with Gasteiger partial charge in [-0.2, -0.15) is 4.98 Å². The van der Waals surface area contributed by atoms with Crippen LogP contribution < -0.4 is 5.73 Å². The Morgan fingerprint density at radius 2 is 2.19 bits per heavy atom. The molecule has 3 N–H and O–H groups in total. The SMILES string of the molecule is Nc1nc(=S)nc(Cc2cccc(F)c2)[nH]1. The molecule has 1 aromatic carbocycles. The zero-order valence-corrected chi connectivity index (χ0v) is 9.09. The molecule has 0 saturated heterocycles. The summed E-state index contributed by atoms with van der Waals surface area (Å²) in [6.45, 7) is 0. The first-order chi connectivity index (χ1) is 7.63. The molecule has 2 rings (SSSR count). The molecule has 0 amide bonds. The Morgan fingerprint density at radius 1 is 1.38 bits per heavy atom. The number of nitrogen functional groups attached to an aromatic ring is 1. The first-order valence-electron chi connectivity index (χ1n) is 4.60. The number of rotatable bonds is 2. The molecule has 0 fully saturated rings. The number of hydrogen-bond acceptors (Lipinski definition) is 4. The predicted molar refractivity (Wildman–Crippen MR) is 60.8 cm³/mol. The number of nitrogens with two attached hydrogens (primary N) is 1. The Morgan fingerprint density at radius 3 is 2.88 bits per heavy atom. The van der Waals surface area contributed by atoms with Crippen molar-refractivity contribution in [3.8, 4) is 0 Å². The molecule has 16 heavy (non-hydrogen) atoms. The van der Waals surface area contributed by atoms with Gasteiger partial charge in [-0.1, -0.05) is 12.1 Å². The number of nitrogens with one attached hydrogen (secondary N) is 1. The topological polar surface area (TPSA) is 67.6 Å². The first kappa shape index (κ1) is 10.7. The Kier molecular flexibility index (Phi) is 2.91. The van der Waals surface area contributed by atoms with Crippen LogP contribution in [0.2, 0.25) is 0 Å². The number of benzene rings is 1. The molecule has 4 nitrogen and oxygen atoms in total. The van der Waals surface area contributed by atoms with Crippen molar-refractivity contribution in [3.05, 3.63) is 46.2 Å². The number of nitrogens with zero attached hydrogens (tertiary/aromatic N) is 2. The lowest BCUT2D eigenvalue weighted by atomic mass is 10.1. The number of H-pyrrole nitrogens is 1. The van der Waals surface area contributed by atoms with Crippen molar-refractivity contribution in [2.24, 2.45) is 0 Å². The van der Waals surface area contributed by atoms with E-state index >= 15 is 0 Å². The Bertz CT molecular complexity index is 567. The summed E-state index contributed by atoms with van der Waals surface area (Å²) in [5.41, 5.74) is 6.29. The van der Waals surface area contributed by atoms with Crippen molar-refractivity contribution in [3.63, 3.8) is 0 Å². The number of anilines is 1. The van der Waals surface area contributed by atoms with E-state index in [1.807, 2.05) is 0 Å². The second-order valence-electron chi connectivity index (χ2n) is 3.27. The molecule has 6 heteroatoms. The third kappa shape index (κ3) is 2.60. The van der Waals surface area contributed by atoms with E-state index in [1.165, 1.54) is 12.1 Å². The number of aromatic nitrogens is 3. The first-order valence-corrected chi connectivity index (χ1v) is 5.01. The minimum absolute atomic E-state index is 0.183. The Labute approximate surface area is 96.4 Å². The van der Waals surface area contributed by atoms with Crippen molar-refractivity contribution in [1.29, 1.82) is 0 Å². The van der Waals surface area contributed by atoms with Gasteiger partial charge in [0.1, 0.15) is 11.6 Å². The number of hydrogen-bond donors (Lipinski definition) is 2. The monoisotopic (exact) mass is 236 g/mol. The highest BCUT2D eigenvalue weighted by atomic mass is 32.1. The zero-order valence-electron chi connectivity index (χ0n) is 8.27. The van der Waals surface area contributed by atoms with Gasteiger partial charge in [0, 0.05) is 6.42 Å². The van der Waals surface area contributed by atoms with Crippen molar-refractivity contribution < 1.29 is 4.39 Å². The standard InChI is InChI=1S/C10H9FN4S/c11-7-3-1-2-6(4-7)5-8-13-9(12)15-10(16)14-8/h1-4H,5H2,(H3,12,13,14,15,16). The number of halogens is 1. The van der Waals surface area contributed by atoms with Crippen LogP contribution >= 0.6 is 12.2 Å². The number of aromatic amines is 1. The molecular weight excluding hydrogens is 227 g/mol. The van der Waals surface area contributed by atoms with Gasteiger partial charge < -0.3 is 10.7 Å². The van der Waals surface area contributed by atoms with Gasteiger partial charge in [0.05, 0.1) is 0 Å². The molecule has 0 unspecified atom stereocenters. The second kappa shape index (κ2) is 4.36. The maximum atomic E-state index is 12.9. The van der Waals surface area contributed by atoms with E-state index in [4.69, 9.17) is 18.0 Å². The molecule has 1 aromatic heterocycles. The summed E-state index contributed by atoms with van der Waals surface area (Å²) in [5.74, 6) is 0.507. The van der Waals surface area contributed by atoms with Crippen LogP contribution in [0.1, 0.15) is 11.4 Å². The average Bonchev–Trinajstić information content (AvgIpc) is 2.15. The third-order valence-corrected chi connectivity index (χ3v) is 2.16. The molecule has 0 aliphatic heterocycles. The lowest BCUT2D eigenvalue weighted by Gasteiger charge is -2.02. The van der Waals surface area contributed by atoms with Gasteiger partial charge in [-0.05, 0) is 29.9 Å². The second-order valence-corrected chi connectivity index (χ2v) is 3.63. The van der Waals surface area contributed by atoms with Gasteiger partial charge in [0.2, 0.25) is 10.7 Å². The smallest absolute Gasteiger partial charge is 0.224 e. The third-order valence-electron chi connectivity index (χ3n) is 1.98. The highest BCUT2D eigenvalue weighted by Crippen LogP contribution is 2.08. The molecule has 0 saturated carbocycles. The van der Waals surface area contributed by atoms with Crippen LogP contribution in [0.4, 0.5) is 10.3 Å². The van der Waals surface area contributed by atoms with Crippen LogP contribution in [0.3, 0.4) is 0 Å². The highest BCUT2D eigenvalue weighted by Gasteiger charge is 2.01. The van der Waals surface area contributed by atoms with Crippen LogP contribution in [0.25, 0.3) is 0 Å². The molecule has 0 radical (unpaired) electrons. The van der Waals surface area contributed by atoms with Gasteiger partial charge in [-0.25, -0.2) is 9.37 Å². The maximum absolute atomic E-state index is 12.9. The van der Waals surface area contributed by atoms with Crippen LogP contribution in [-0.4, -0.2) is 15.0 Å². The normalized spacial score (nSPS) is 10.3.